The van der Waals surface area contributed by atoms with Crippen molar-refractivity contribution in [3.05, 3.63) is 29.8 Å². The molecule has 0 bridgehead atoms. The number of hydrogen-bond donors (Lipinski definition) is 2. The van der Waals surface area contributed by atoms with Gasteiger partial charge in [-0.1, -0.05) is 18.2 Å². The van der Waals surface area contributed by atoms with Crippen LogP contribution in [0.15, 0.2) is 29.3 Å². The molecule has 0 radical (unpaired) electrons. The molecule has 0 aliphatic heterocycles. The van der Waals surface area contributed by atoms with Crippen LogP contribution in [-0.4, -0.2) is 52.1 Å². The van der Waals surface area contributed by atoms with E-state index in [1.165, 1.54) is 0 Å². The van der Waals surface area contributed by atoms with Crippen LogP contribution in [0.1, 0.15) is 18.9 Å². The Kier molecular flexibility index (Phi) is 9.76. The van der Waals surface area contributed by atoms with E-state index >= 15 is 0 Å². The summed E-state index contributed by atoms with van der Waals surface area (Å²) >= 11 is 0. The number of benzene rings is 1. The highest BCUT2D eigenvalue weighted by Crippen LogP contribution is 2.17. The van der Waals surface area contributed by atoms with Crippen molar-refractivity contribution < 1.29 is 22.6 Å². The first-order valence-corrected chi connectivity index (χ1v) is 8.25. The number of aliphatic imine (C=N–C) groups is 1. The van der Waals surface area contributed by atoms with Gasteiger partial charge in [-0.2, -0.15) is 13.2 Å². The first kappa shape index (κ1) is 21.1. The Morgan fingerprint density at radius 1 is 1.20 bits per heavy atom. The Morgan fingerprint density at radius 3 is 2.64 bits per heavy atom. The van der Waals surface area contributed by atoms with E-state index in [9.17, 15) is 13.2 Å². The van der Waals surface area contributed by atoms with Gasteiger partial charge >= 0.3 is 6.18 Å². The van der Waals surface area contributed by atoms with Crippen molar-refractivity contribution in [1.82, 2.24) is 10.6 Å². The Labute approximate surface area is 146 Å². The van der Waals surface area contributed by atoms with E-state index < -0.39 is 12.8 Å². The molecule has 1 rings (SSSR count). The van der Waals surface area contributed by atoms with Crippen molar-refractivity contribution in [3.63, 3.8) is 0 Å². The first-order chi connectivity index (χ1) is 12.0. The molecule has 1 aromatic carbocycles. The lowest BCUT2D eigenvalue weighted by molar-refractivity contribution is -0.173. The first-order valence-electron chi connectivity index (χ1n) is 8.25. The molecule has 0 aromatic heterocycles. The summed E-state index contributed by atoms with van der Waals surface area (Å²) in [5, 5.41) is 6.30. The molecule has 0 heterocycles. The number of halogens is 3. The molecule has 0 atom stereocenters. The minimum atomic E-state index is -4.28. The van der Waals surface area contributed by atoms with Gasteiger partial charge in [0.2, 0.25) is 0 Å². The van der Waals surface area contributed by atoms with Gasteiger partial charge in [0.25, 0.3) is 0 Å². The van der Waals surface area contributed by atoms with Gasteiger partial charge in [-0.05, 0) is 31.4 Å². The molecular formula is C17H26F3N3O2. The summed E-state index contributed by atoms with van der Waals surface area (Å²) in [5.41, 5.74) is 1.09. The van der Waals surface area contributed by atoms with Crippen molar-refractivity contribution >= 4 is 5.96 Å². The van der Waals surface area contributed by atoms with Gasteiger partial charge in [0.15, 0.2) is 5.96 Å². The monoisotopic (exact) mass is 361 g/mol. The van der Waals surface area contributed by atoms with Crippen LogP contribution < -0.4 is 15.4 Å². The molecule has 0 amide bonds. The van der Waals surface area contributed by atoms with E-state index in [-0.39, 0.29) is 6.61 Å². The van der Waals surface area contributed by atoms with Crippen molar-refractivity contribution in [2.75, 3.05) is 40.0 Å². The molecule has 5 nitrogen and oxygen atoms in total. The number of ether oxygens (including phenoxy) is 2. The van der Waals surface area contributed by atoms with Crippen molar-refractivity contribution in [1.29, 1.82) is 0 Å². The molecule has 0 saturated carbocycles. The van der Waals surface area contributed by atoms with E-state index in [2.05, 4.69) is 20.4 Å². The summed E-state index contributed by atoms with van der Waals surface area (Å²) in [6.07, 6.45) is -3.08. The zero-order valence-electron chi connectivity index (χ0n) is 14.7. The molecule has 0 unspecified atom stereocenters. The third-order valence-electron chi connectivity index (χ3n) is 3.21. The summed E-state index contributed by atoms with van der Waals surface area (Å²) < 4.78 is 45.7. The molecular weight excluding hydrogens is 335 g/mol. The summed E-state index contributed by atoms with van der Waals surface area (Å²) in [6, 6.07) is 7.79. The highest BCUT2D eigenvalue weighted by Gasteiger charge is 2.27. The average Bonchev–Trinajstić information content (AvgIpc) is 2.57. The summed E-state index contributed by atoms with van der Waals surface area (Å²) in [6.45, 7) is 2.52. The van der Waals surface area contributed by atoms with Crippen LogP contribution in [0, 0.1) is 0 Å². The number of para-hydroxylation sites is 1. The standard InChI is InChI=1S/C17H26F3N3O2/c1-3-21-16(22-10-6-12-25-13-17(18,19)20)23-11-9-14-7-4-5-8-15(14)24-2/h4-5,7-8H,3,6,9-13H2,1-2H3,(H2,21,22,23). The molecule has 0 spiro atoms. The molecule has 8 heteroatoms. The second kappa shape index (κ2) is 11.6. The third-order valence-corrected chi connectivity index (χ3v) is 3.21. The Bertz CT molecular complexity index is 522. The SMILES string of the molecule is CCNC(=NCCCOCC(F)(F)F)NCCc1ccccc1OC. The van der Waals surface area contributed by atoms with Crippen molar-refractivity contribution in [2.24, 2.45) is 4.99 Å². The molecule has 25 heavy (non-hydrogen) atoms. The fourth-order valence-electron chi connectivity index (χ4n) is 2.11. The second-order valence-corrected chi connectivity index (χ2v) is 5.27. The Morgan fingerprint density at radius 2 is 1.96 bits per heavy atom. The van der Waals surface area contributed by atoms with E-state index in [1.54, 1.807) is 7.11 Å². The zero-order chi connectivity index (χ0) is 18.5. The molecule has 142 valence electrons. The van der Waals surface area contributed by atoms with E-state index in [0.717, 1.165) is 17.7 Å². The number of guanidine groups is 1. The fourth-order valence-corrected chi connectivity index (χ4v) is 2.11. The fraction of sp³-hybridized carbons (Fsp3) is 0.588. The van der Waals surface area contributed by atoms with Gasteiger partial charge in [0, 0.05) is 26.2 Å². The Hall–Kier alpha value is -1.96. The molecule has 0 aliphatic carbocycles. The topological polar surface area (TPSA) is 54.9 Å². The number of alkyl halides is 3. The Balaban J connectivity index is 2.33. The van der Waals surface area contributed by atoms with Gasteiger partial charge in [-0.25, -0.2) is 0 Å². The largest absolute Gasteiger partial charge is 0.496 e. The predicted octanol–water partition coefficient (Wildman–Crippen LogP) is 2.76. The van der Waals surface area contributed by atoms with Crippen molar-refractivity contribution in [3.8, 4) is 5.75 Å². The molecule has 0 fully saturated rings. The highest BCUT2D eigenvalue weighted by molar-refractivity contribution is 5.79. The maximum atomic E-state index is 11.9. The minimum Gasteiger partial charge on any atom is -0.496 e. The lowest BCUT2D eigenvalue weighted by Crippen LogP contribution is -2.38. The maximum absolute atomic E-state index is 11.9. The smallest absolute Gasteiger partial charge is 0.411 e. The van der Waals surface area contributed by atoms with Gasteiger partial charge in [0.05, 0.1) is 7.11 Å². The zero-order valence-corrected chi connectivity index (χ0v) is 14.7. The van der Waals surface area contributed by atoms with Crippen LogP contribution in [0.5, 0.6) is 5.75 Å². The quantitative estimate of drug-likeness (QED) is 0.382. The predicted molar refractivity (Wildman–Crippen MR) is 92.2 cm³/mol. The average molecular weight is 361 g/mol. The van der Waals surface area contributed by atoms with E-state index in [0.29, 0.717) is 32.0 Å². The van der Waals surface area contributed by atoms with Crippen LogP contribution in [0.3, 0.4) is 0 Å². The summed E-state index contributed by atoms with van der Waals surface area (Å²) in [5.74, 6) is 1.47. The van der Waals surface area contributed by atoms with Gasteiger partial charge in [0.1, 0.15) is 12.4 Å². The van der Waals surface area contributed by atoms with Gasteiger partial charge in [-0.15, -0.1) is 0 Å². The van der Waals surface area contributed by atoms with Crippen LogP contribution in [0.25, 0.3) is 0 Å². The normalized spacial score (nSPS) is 12.1. The van der Waals surface area contributed by atoms with Crippen molar-refractivity contribution in [2.45, 2.75) is 25.9 Å². The number of nitrogens with zero attached hydrogens (tertiary/aromatic N) is 1. The minimum absolute atomic E-state index is 0.0314. The van der Waals surface area contributed by atoms with Crippen LogP contribution >= 0.6 is 0 Å². The van der Waals surface area contributed by atoms with Gasteiger partial charge in [-0.3, -0.25) is 4.99 Å². The summed E-state index contributed by atoms with van der Waals surface area (Å²) in [4.78, 5) is 4.32. The van der Waals surface area contributed by atoms with Crippen LogP contribution in [-0.2, 0) is 11.2 Å². The highest BCUT2D eigenvalue weighted by atomic mass is 19.4. The number of hydrogen-bond acceptors (Lipinski definition) is 3. The number of methoxy groups -OCH3 is 1. The maximum Gasteiger partial charge on any atom is 0.411 e. The molecule has 1 aromatic rings. The van der Waals surface area contributed by atoms with E-state index in [1.807, 2.05) is 31.2 Å². The van der Waals surface area contributed by atoms with Gasteiger partial charge < -0.3 is 20.1 Å². The van der Waals surface area contributed by atoms with Crippen LogP contribution in [0.2, 0.25) is 0 Å². The lowest BCUT2D eigenvalue weighted by Gasteiger charge is -2.13. The molecule has 0 aliphatic rings. The lowest BCUT2D eigenvalue weighted by atomic mass is 10.1. The molecule has 2 N–H and O–H groups in total. The number of nitrogens with one attached hydrogen (secondary N) is 2. The summed E-state index contributed by atoms with van der Waals surface area (Å²) in [7, 11) is 1.64. The third kappa shape index (κ3) is 9.81. The second-order valence-electron chi connectivity index (χ2n) is 5.27. The number of rotatable bonds is 10. The van der Waals surface area contributed by atoms with E-state index in [4.69, 9.17) is 4.74 Å². The molecule has 0 saturated heterocycles. The van der Waals surface area contributed by atoms with Crippen LogP contribution in [0.4, 0.5) is 13.2 Å².